The van der Waals surface area contributed by atoms with E-state index in [0.717, 1.165) is 30.4 Å². The van der Waals surface area contributed by atoms with Crippen LogP contribution in [-0.2, 0) is 27.4 Å². The van der Waals surface area contributed by atoms with E-state index < -0.39 is 30.4 Å². The first-order chi connectivity index (χ1) is 32.1. The summed E-state index contributed by atoms with van der Waals surface area (Å²) in [6, 6.07) is 11.7. The molecule has 5 aliphatic rings. The van der Waals surface area contributed by atoms with Gasteiger partial charge in [0.05, 0.1) is 67.0 Å². The third-order valence-corrected chi connectivity index (χ3v) is 13.7. The summed E-state index contributed by atoms with van der Waals surface area (Å²) in [6.07, 6.45) is 5.09. The smallest absolute Gasteiger partial charge is 0.416 e. The molecule has 3 aromatic rings. The summed E-state index contributed by atoms with van der Waals surface area (Å²) in [5.74, 6) is 0.471. The minimum Gasteiger partial charge on any atom is -0.493 e. The van der Waals surface area contributed by atoms with Gasteiger partial charge in [0.2, 0.25) is 5.91 Å². The van der Waals surface area contributed by atoms with E-state index in [2.05, 4.69) is 16.9 Å². The number of fused-ring (bicyclic) bond motifs is 4. The summed E-state index contributed by atoms with van der Waals surface area (Å²) < 4.78 is 23.8. The van der Waals surface area contributed by atoms with Crippen molar-refractivity contribution >= 4 is 47.2 Å². The van der Waals surface area contributed by atoms with Gasteiger partial charge in [-0.3, -0.25) is 24.2 Å². The highest BCUT2D eigenvalue weighted by molar-refractivity contribution is 6.06. The van der Waals surface area contributed by atoms with E-state index in [0.29, 0.717) is 97.2 Å². The van der Waals surface area contributed by atoms with Gasteiger partial charge in [-0.05, 0) is 98.9 Å². The van der Waals surface area contributed by atoms with Crippen LogP contribution in [0.25, 0.3) is 0 Å². The van der Waals surface area contributed by atoms with Gasteiger partial charge in [-0.15, -0.1) is 0 Å². The molecule has 1 unspecified atom stereocenters. The maximum absolute atomic E-state index is 14.2. The number of hydrogen-bond acceptors (Lipinski definition) is 12. The van der Waals surface area contributed by atoms with Crippen LogP contribution < -0.4 is 30.2 Å². The van der Waals surface area contributed by atoms with Crippen LogP contribution >= 0.6 is 0 Å². The van der Waals surface area contributed by atoms with Gasteiger partial charge >= 0.3 is 6.09 Å². The number of nitrogens with zero attached hydrogens (tertiary/aromatic N) is 4. The number of nitrogens with two attached hydrogens (primary N) is 1. The number of hydrogen-bond donors (Lipinski definition) is 3. The van der Waals surface area contributed by atoms with Gasteiger partial charge in [0.15, 0.2) is 23.5 Å². The first-order valence-electron chi connectivity index (χ1n) is 23.3. The van der Waals surface area contributed by atoms with Gasteiger partial charge < -0.3 is 44.9 Å². The van der Waals surface area contributed by atoms with E-state index in [9.17, 15) is 29.1 Å². The van der Waals surface area contributed by atoms with Crippen molar-refractivity contribution in [2.45, 2.75) is 116 Å². The molecule has 1 aliphatic carbocycles. The van der Waals surface area contributed by atoms with E-state index in [1.165, 1.54) is 4.90 Å². The number of rotatable bonds is 17. The zero-order valence-electron chi connectivity index (χ0n) is 39.0. The Hall–Kier alpha value is -6.26. The number of aliphatic hydroxyl groups excluding tert-OH is 1. The standard InChI is InChI=1S/C51H62N6O10/c1-29(2)45(52)46(59)54-32(5)41(58)20-33-10-12-34(13-11-33)27-67-50(63)57-39-23-42(31(4)19-37(39)48(61)56-28-51(14-15-51)24-40(56)49(57)62)65-16-8-7-9-17-66-44-22-38-36(21-43(44)64-6)47(60)55-26-30(3)18-35(55)25-53-38/h10-13,19,21-23,25,29,32,35,40,45,49,62H,3,7-9,14-18,20,24,26-28,52H2,1-2,4-6H3,(H,54,59)/t32-,35-,40-,45-,49?/m0/s1. The molecule has 5 atom stereocenters. The molecule has 2 saturated heterocycles. The predicted molar refractivity (Wildman–Crippen MR) is 251 cm³/mol. The number of carbonyl (C=O) groups excluding carboxylic acids is 5. The van der Waals surface area contributed by atoms with Gasteiger partial charge in [0.1, 0.15) is 12.4 Å². The predicted octanol–water partition coefficient (Wildman–Crippen LogP) is 6.19. The fourth-order valence-electron chi connectivity index (χ4n) is 9.37. The van der Waals surface area contributed by atoms with Crippen molar-refractivity contribution in [3.8, 4) is 17.2 Å². The van der Waals surface area contributed by atoms with Crippen LogP contribution in [0.4, 0.5) is 16.2 Å². The lowest BCUT2D eigenvalue weighted by Crippen LogP contribution is -2.50. The first kappa shape index (κ1) is 47.2. The molecule has 4 aliphatic heterocycles. The van der Waals surface area contributed by atoms with Gasteiger partial charge in [0.25, 0.3) is 11.8 Å². The molecule has 4 N–H and O–H groups in total. The number of nitrogens with one attached hydrogen (secondary N) is 1. The Morgan fingerprint density at radius 3 is 2.30 bits per heavy atom. The molecule has 4 heterocycles. The Bertz CT molecular complexity index is 2470. The van der Waals surface area contributed by atoms with E-state index >= 15 is 0 Å². The molecule has 16 nitrogen and oxygen atoms in total. The SMILES string of the molecule is C=C1C[C@H]2C=Nc3cc(OCCCCCOc4cc5c(cc4C)C(=O)N4CC6(CC6)C[C@H]4C(O)N5C(=O)OCc4ccc(CC(=O)[C@H](C)NC(=O)[C@@H](N)C(C)C)cc4)c(OC)cc3C(=O)N2C1. The van der Waals surface area contributed by atoms with E-state index in [-0.39, 0.29) is 59.6 Å². The minimum absolute atomic E-state index is 0.0414. The number of unbranched alkanes of at least 4 members (excludes halogenated alkanes) is 2. The average molecular weight is 919 g/mol. The Balaban J connectivity index is 0.884. The zero-order chi connectivity index (χ0) is 47.7. The summed E-state index contributed by atoms with van der Waals surface area (Å²) >= 11 is 0. The highest BCUT2D eigenvalue weighted by atomic mass is 16.6. The third kappa shape index (κ3) is 10.1. The number of aliphatic hydroxyl groups is 1. The lowest BCUT2D eigenvalue weighted by atomic mass is 10.0. The Labute approximate surface area is 391 Å². The largest absolute Gasteiger partial charge is 0.493 e. The molecule has 8 rings (SSSR count). The minimum atomic E-state index is -1.36. The molecule has 3 aromatic carbocycles. The number of aryl methyl sites for hydroxylation is 1. The normalized spacial score (nSPS) is 20.9. The molecular formula is C51H62N6O10. The fourth-order valence-corrected chi connectivity index (χ4v) is 9.37. The number of benzene rings is 3. The number of amides is 4. The van der Waals surface area contributed by atoms with Crippen LogP contribution in [0.5, 0.6) is 17.2 Å². The quantitative estimate of drug-likeness (QED) is 0.103. The number of ether oxygens (including phenoxy) is 4. The second kappa shape index (κ2) is 19.5. The first-order valence-corrected chi connectivity index (χ1v) is 23.3. The van der Waals surface area contributed by atoms with Crippen LogP contribution in [0.1, 0.15) is 103 Å². The number of anilines is 1. The summed E-state index contributed by atoms with van der Waals surface area (Å²) in [5.41, 5.74) is 10.5. The van der Waals surface area contributed by atoms with E-state index in [4.69, 9.17) is 24.7 Å². The molecule has 4 amide bonds. The van der Waals surface area contributed by atoms with Crippen molar-refractivity contribution in [1.29, 1.82) is 0 Å². The van der Waals surface area contributed by atoms with Crippen LogP contribution in [-0.4, -0.2) is 115 Å². The molecule has 356 valence electrons. The molecule has 1 saturated carbocycles. The van der Waals surface area contributed by atoms with Crippen molar-refractivity contribution in [2.24, 2.45) is 22.1 Å². The van der Waals surface area contributed by atoms with Gasteiger partial charge in [-0.2, -0.15) is 0 Å². The van der Waals surface area contributed by atoms with Crippen LogP contribution in [0, 0.1) is 18.3 Å². The molecular weight excluding hydrogens is 857 g/mol. The second-order valence-electron chi connectivity index (χ2n) is 19.1. The topological polar surface area (TPSA) is 203 Å². The summed E-state index contributed by atoms with van der Waals surface area (Å²) in [4.78, 5) is 76.3. The second-order valence-corrected chi connectivity index (χ2v) is 19.1. The Kier molecular flexibility index (Phi) is 13.8. The van der Waals surface area contributed by atoms with Crippen LogP contribution in [0.15, 0.2) is 65.7 Å². The molecule has 16 heteroatoms. The number of aliphatic imine (C=N–C) groups is 1. The van der Waals surface area contributed by atoms with Crippen molar-refractivity contribution in [1.82, 2.24) is 15.1 Å². The molecule has 0 aromatic heterocycles. The lowest BCUT2D eigenvalue weighted by molar-refractivity contribution is -0.128. The molecule has 0 bridgehead atoms. The third-order valence-electron chi connectivity index (χ3n) is 13.7. The molecule has 3 fully saturated rings. The van der Waals surface area contributed by atoms with E-state index in [1.807, 2.05) is 20.8 Å². The Morgan fingerprint density at radius 1 is 0.925 bits per heavy atom. The molecule has 1 spiro atoms. The zero-order valence-corrected chi connectivity index (χ0v) is 39.0. The average Bonchev–Trinajstić information content (AvgIpc) is 3.85. The summed E-state index contributed by atoms with van der Waals surface area (Å²) in [6.45, 7) is 12.9. The maximum atomic E-state index is 14.2. The number of carbonyl (C=O) groups is 5. The maximum Gasteiger partial charge on any atom is 0.416 e. The van der Waals surface area contributed by atoms with Crippen molar-refractivity contribution in [2.75, 3.05) is 38.3 Å². The molecule has 67 heavy (non-hydrogen) atoms. The summed E-state index contributed by atoms with van der Waals surface area (Å²) in [5, 5.41) is 14.7. The highest BCUT2D eigenvalue weighted by Gasteiger charge is 2.58. The molecule has 0 radical (unpaired) electrons. The van der Waals surface area contributed by atoms with Gasteiger partial charge in [0, 0.05) is 37.9 Å². The van der Waals surface area contributed by atoms with Crippen LogP contribution in [0.3, 0.4) is 0 Å². The Morgan fingerprint density at radius 2 is 1.61 bits per heavy atom. The number of ketones is 1. The van der Waals surface area contributed by atoms with Gasteiger partial charge in [-0.1, -0.05) is 50.3 Å². The van der Waals surface area contributed by atoms with Crippen molar-refractivity contribution in [3.05, 3.63) is 88.5 Å². The highest BCUT2D eigenvalue weighted by Crippen LogP contribution is 2.56. The lowest BCUT2D eigenvalue weighted by Gasteiger charge is -2.31. The monoisotopic (exact) mass is 918 g/mol. The van der Waals surface area contributed by atoms with E-state index in [1.54, 1.807) is 78.6 Å². The van der Waals surface area contributed by atoms with Gasteiger partial charge in [-0.25, -0.2) is 9.69 Å². The summed E-state index contributed by atoms with van der Waals surface area (Å²) in [7, 11) is 1.54. The number of Topliss-reactive ketones (excluding diaryl/α,β-unsaturated/α-hetero) is 1. The fraction of sp³-hybridized carbons (Fsp3) is 0.490. The number of methoxy groups -OCH3 is 1. The van der Waals surface area contributed by atoms with Crippen molar-refractivity contribution in [3.63, 3.8) is 0 Å². The van der Waals surface area contributed by atoms with Crippen LogP contribution in [0.2, 0.25) is 0 Å². The van der Waals surface area contributed by atoms with Crippen molar-refractivity contribution < 1.29 is 48.0 Å².